The highest BCUT2D eigenvalue weighted by atomic mass is 16.2. The van der Waals surface area contributed by atoms with Gasteiger partial charge >= 0.3 is 0 Å². The van der Waals surface area contributed by atoms with Gasteiger partial charge in [0.1, 0.15) is 0 Å². The molecule has 0 aliphatic heterocycles. The van der Waals surface area contributed by atoms with Crippen molar-refractivity contribution in [3.8, 4) is 0 Å². The van der Waals surface area contributed by atoms with Crippen molar-refractivity contribution in [1.29, 1.82) is 0 Å². The van der Waals surface area contributed by atoms with Crippen molar-refractivity contribution in [2.24, 2.45) is 5.73 Å². The van der Waals surface area contributed by atoms with Crippen molar-refractivity contribution in [3.05, 3.63) is 42.5 Å². The van der Waals surface area contributed by atoms with Gasteiger partial charge in [-0.3, -0.25) is 9.59 Å². The van der Waals surface area contributed by atoms with Crippen LogP contribution >= 0.6 is 0 Å². The van der Waals surface area contributed by atoms with Gasteiger partial charge in [0.15, 0.2) is 0 Å². The third-order valence-electron chi connectivity index (χ3n) is 3.18. The maximum absolute atomic E-state index is 12.2. The number of anilines is 1. The molecule has 0 bridgehead atoms. The Balaban J connectivity index is 2.86. The van der Waals surface area contributed by atoms with Crippen LogP contribution in [0.1, 0.15) is 37.0 Å². The van der Waals surface area contributed by atoms with Gasteiger partial charge in [-0.1, -0.05) is 25.1 Å². The lowest BCUT2D eigenvalue weighted by atomic mass is 10.1. The molecule has 5 nitrogen and oxygen atoms in total. The number of amides is 2. The van der Waals surface area contributed by atoms with Crippen molar-refractivity contribution < 1.29 is 9.59 Å². The van der Waals surface area contributed by atoms with E-state index in [0.29, 0.717) is 17.7 Å². The van der Waals surface area contributed by atoms with Gasteiger partial charge in [0.2, 0.25) is 5.91 Å². The van der Waals surface area contributed by atoms with E-state index >= 15 is 0 Å². The number of rotatable bonds is 7. The molecule has 21 heavy (non-hydrogen) atoms. The Morgan fingerprint density at radius 1 is 1.38 bits per heavy atom. The summed E-state index contributed by atoms with van der Waals surface area (Å²) < 4.78 is 0. The third kappa shape index (κ3) is 5.04. The summed E-state index contributed by atoms with van der Waals surface area (Å²) in [5.41, 5.74) is 6.61. The van der Waals surface area contributed by atoms with Crippen LogP contribution in [0.3, 0.4) is 0 Å². The summed E-state index contributed by atoms with van der Waals surface area (Å²) in [6.07, 6.45) is 2.81. The summed E-state index contributed by atoms with van der Waals surface area (Å²) in [5, 5.41) is 5.57. The zero-order valence-electron chi connectivity index (χ0n) is 12.6. The Morgan fingerprint density at radius 3 is 2.67 bits per heavy atom. The van der Waals surface area contributed by atoms with E-state index < -0.39 is 6.04 Å². The molecule has 114 valence electrons. The zero-order valence-corrected chi connectivity index (χ0v) is 12.6. The lowest BCUT2D eigenvalue weighted by molar-refractivity contribution is -0.117. The number of hydrogen-bond donors (Lipinski definition) is 3. The Bertz CT molecular complexity index is 514. The Kier molecular flexibility index (Phi) is 6.62. The summed E-state index contributed by atoms with van der Waals surface area (Å²) in [6.45, 7) is 7.48. The molecule has 2 atom stereocenters. The maximum Gasteiger partial charge on any atom is 0.253 e. The fourth-order valence-corrected chi connectivity index (χ4v) is 1.71. The molecule has 0 saturated carbocycles. The standard InChI is InChI=1S/C16H23N3O2/c1-4-8-13(17)16(21)19-14-10-7-6-9-12(14)15(20)18-11(3)5-2/h4,6-7,9-11,13H,1,5,8,17H2,2-3H3,(H,18,20)(H,19,21). The number of carbonyl (C=O) groups is 2. The second-order valence-electron chi connectivity index (χ2n) is 4.95. The van der Waals surface area contributed by atoms with Crippen molar-refractivity contribution in [2.45, 2.75) is 38.8 Å². The van der Waals surface area contributed by atoms with E-state index in [1.807, 2.05) is 13.8 Å². The lowest BCUT2D eigenvalue weighted by Gasteiger charge is -2.16. The van der Waals surface area contributed by atoms with Crippen LogP contribution in [0.4, 0.5) is 5.69 Å². The molecular formula is C16H23N3O2. The lowest BCUT2D eigenvalue weighted by Crippen LogP contribution is -2.36. The van der Waals surface area contributed by atoms with Crippen LogP contribution in [0, 0.1) is 0 Å². The molecule has 0 aliphatic carbocycles. The fourth-order valence-electron chi connectivity index (χ4n) is 1.71. The molecule has 1 aromatic carbocycles. The van der Waals surface area contributed by atoms with Crippen molar-refractivity contribution in [1.82, 2.24) is 5.32 Å². The van der Waals surface area contributed by atoms with E-state index in [1.165, 1.54) is 0 Å². The van der Waals surface area contributed by atoms with Crippen LogP contribution in [0.25, 0.3) is 0 Å². The molecule has 0 aliphatic rings. The molecule has 0 heterocycles. The molecule has 5 heteroatoms. The monoisotopic (exact) mass is 289 g/mol. The molecule has 2 unspecified atom stereocenters. The summed E-state index contributed by atoms with van der Waals surface area (Å²) >= 11 is 0. The summed E-state index contributed by atoms with van der Waals surface area (Å²) in [4.78, 5) is 24.1. The molecule has 1 aromatic rings. The van der Waals surface area contributed by atoms with Crippen LogP contribution in [-0.4, -0.2) is 23.9 Å². The first-order chi connectivity index (χ1) is 9.99. The van der Waals surface area contributed by atoms with E-state index in [9.17, 15) is 9.59 Å². The molecule has 2 amide bonds. The number of nitrogens with two attached hydrogens (primary N) is 1. The molecule has 0 spiro atoms. The van der Waals surface area contributed by atoms with Gasteiger partial charge in [0, 0.05) is 6.04 Å². The first-order valence-electron chi connectivity index (χ1n) is 7.06. The maximum atomic E-state index is 12.2. The minimum Gasteiger partial charge on any atom is -0.350 e. The van der Waals surface area contributed by atoms with Crippen LogP contribution < -0.4 is 16.4 Å². The first-order valence-corrected chi connectivity index (χ1v) is 7.06. The number of hydrogen-bond acceptors (Lipinski definition) is 3. The summed E-state index contributed by atoms with van der Waals surface area (Å²) in [5.74, 6) is -0.545. The summed E-state index contributed by atoms with van der Waals surface area (Å²) in [6, 6.07) is 6.27. The molecule has 4 N–H and O–H groups in total. The third-order valence-corrected chi connectivity index (χ3v) is 3.18. The number of benzene rings is 1. The smallest absolute Gasteiger partial charge is 0.253 e. The highest BCUT2D eigenvalue weighted by Gasteiger charge is 2.17. The SMILES string of the molecule is C=CCC(N)C(=O)Nc1ccccc1C(=O)NC(C)CC. The Labute approximate surface area is 125 Å². The second-order valence-corrected chi connectivity index (χ2v) is 4.95. The van der Waals surface area contributed by atoms with Crippen LogP contribution in [-0.2, 0) is 4.79 Å². The van der Waals surface area contributed by atoms with Crippen LogP contribution in [0.2, 0.25) is 0 Å². The quantitative estimate of drug-likeness (QED) is 0.672. The van der Waals surface area contributed by atoms with Crippen molar-refractivity contribution >= 4 is 17.5 Å². The molecular weight excluding hydrogens is 266 g/mol. The van der Waals surface area contributed by atoms with Gasteiger partial charge in [-0.2, -0.15) is 0 Å². The molecule has 1 rings (SSSR count). The minimum absolute atomic E-state index is 0.0734. The predicted molar refractivity (Wildman–Crippen MR) is 85.1 cm³/mol. The second kappa shape index (κ2) is 8.21. The van der Waals surface area contributed by atoms with Crippen LogP contribution in [0.5, 0.6) is 0 Å². The normalized spacial score (nSPS) is 13.1. The first kappa shape index (κ1) is 16.9. The van der Waals surface area contributed by atoms with Crippen molar-refractivity contribution in [2.75, 3.05) is 5.32 Å². The molecule has 0 saturated heterocycles. The van der Waals surface area contributed by atoms with E-state index in [1.54, 1.807) is 30.3 Å². The molecule has 0 fully saturated rings. The predicted octanol–water partition coefficient (Wildman–Crippen LogP) is 2.06. The number of carbonyl (C=O) groups excluding carboxylic acids is 2. The number of nitrogens with one attached hydrogen (secondary N) is 2. The number of para-hydroxylation sites is 1. The fraction of sp³-hybridized carbons (Fsp3) is 0.375. The Morgan fingerprint density at radius 2 is 2.05 bits per heavy atom. The van der Waals surface area contributed by atoms with Gasteiger partial charge in [-0.05, 0) is 31.9 Å². The average molecular weight is 289 g/mol. The highest BCUT2D eigenvalue weighted by Crippen LogP contribution is 2.15. The van der Waals surface area contributed by atoms with E-state index in [-0.39, 0.29) is 17.9 Å². The van der Waals surface area contributed by atoms with Gasteiger partial charge in [0.25, 0.3) is 5.91 Å². The molecule has 0 radical (unpaired) electrons. The van der Waals surface area contributed by atoms with E-state index in [4.69, 9.17) is 5.73 Å². The van der Waals surface area contributed by atoms with Gasteiger partial charge in [0.05, 0.1) is 17.3 Å². The van der Waals surface area contributed by atoms with Crippen LogP contribution in [0.15, 0.2) is 36.9 Å². The van der Waals surface area contributed by atoms with E-state index in [0.717, 1.165) is 6.42 Å². The van der Waals surface area contributed by atoms with Gasteiger partial charge < -0.3 is 16.4 Å². The molecule has 0 aromatic heterocycles. The van der Waals surface area contributed by atoms with E-state index in [2.05, 4.69) is 17.2 Å². The minimum atomic E-state index is -0.673. The average Bonchev–Trinajstić information content (AvgIpc) is 2.47. The van der Waals surface area contributed by atoms with Gasteiger partial charge in [-0.15, -0.1) is 6.58 Å². The summed E-state index contributed by atoms with van der Waals surface area (Å²) in [7, 11) is 0. The zero-order chi connectivity index (χ0) is 15.8. The highest BCUT2D eigenvalue weighted by molar-refractivity contribution is 6.04. The topological polar surface area (TPSA) is 84.2 Å². The van der Waals surface area contributed by atoms with Crippen molar-refractivity contribution in [3.63, 3.8) is 0 Å². The Hall–Kier alpha value is -2.14. The van der Waals surface area contributed by atoms with Gasteiger partial charge in [-0.25, -0.2) is 0 Å². The largest absolute Gasteiger partial charge is 0.350 e.